The average molecular weight is 466 g/mol. The Morgan fingerprint density at radius 3 is 2.72 bits per heavy atom. The fourth-order valence-electron chi connectivity index (χ4n) is 3.10. The molecule has 6 nitrogen and oxygen atoms in total. The SMILES string of the molecule is CCNC(=NCC1(CCOCC)CC1)NCCCN1CCCC1=O.I. The summed E-state index contributed by atoms with van der Waals surface area (Å²) in [5.74, 6) is 1.20. The molecular formula is C18H35IN4O2. The Balaban J connectivity index is 0.00000312. The number of halogens is 1. The highest BCUT2D eigenvalue weighted by Gasteiger charge is 2.41. The number of ether oxygens (including phenoxy) is 1. The summed E-state index contributed by atoms with van der Waals surface area (Å²) >= 11 is 0. The quantitative estimate of drug-likeness (QED) is 0.213. The predicted octanol–water partition coefficient (Wildman–Crippen LogP) is 2.38. The van der Waals surface area contributed by atoms with Gasteiger partial charge in [0.25, 0.3) is 0 Å². The second kappa shape index (κ2) is 11.9. The van der Waals surface area contributed by atoms with E-state index in [4.69, 9.17) is 9.73 Å². The maximum Gasteiger partial charge on any atom is 0.222 e. The minimum atomic E-state index is 0. The Hall–Kier alpha value is -0.570. The number of nitrogens with zero attached hydrogens (tertiary/aromatic N) is 2. The third-order valence-corrected chi connectivity index (χ3v) is 4.92. The molecule has 0 radical (unpaired) electrons. The number of aliphatic imine (C=N–C) groups is 1. The van der Waals surface area contributed by atoms with Crippen LogP contribution in [-0.4, -0.2) is 62.7 Å². The summed E-state index contributed by atoms with van der Waals surface area (Å²) in [6.45, 7) is 10.1. The molecule has 1 heterocycles. The third kappa shape index (κ3) is 8.11. The molecule has 0 bridgehead atoms. The Bertz CT molecular complexity index is 427. The average Bonchev–Trinajstić information content (AvgIpc) is 3.23. The maximum absolute atomic E-state index is 11.6. The van der Waals surface area contributed by atoms with Gasteiger partial charge in [0.05, 0.1) is 0 Å². The first-order valence-corrected chi connectivity index (χ1v) is 9.57. The lowest BCUT2D eigenvalue weighted by Gasteiger charge is -2.17. The lowest BCUT2D eigenvalue weighted by molar-refractivity contribution is -0.127. The van der Waals surface area contributed by atoms with Crippen LogP contribution < -0.4 is 10.6 Å². The lowest BCUT2D eigenvalue weighted by Crippen LogP contribution is -2.39. The summed E-state index contributed by atoms with van der Waals surface area (Å²) in [7, 11) is 0. The molecule has 0 aromatic rings. The number of carbonyl (C=O) groups is 1. The number of carbonyl (C=O) groups excluding carboxylic acids is 1. The van der Waals surface area contributed by atoms with Gasteiger partial charge in [-0.2, -0.15) is 0 Å². The van der Waals surface area contributed by atoms with E-state index in [0.717, 1.165) is 77.6 Å². The van der Waals surface area contributed by atoms with Crippen LogP contribution in [0.25, 0.3) is 0 Å². The van der Waals surface area contributed by atoms with Gasteiger partial charge in [-0.25, -0.2) is 0 Å². The Morgan fingerprint density at radius 2 is 2.12 bits per heavy atom. The van der Waals surface area contributed by atoms with E-state index in [2.05, 4.69) is 17.6 Å². The second-order valence-corrected chi connectivity index (χ2v) is 6.91. The van der Waals surface area contributed by atoms with E-state index in [1.807, 2.05) is 11.8 Å². The van der Waals surface area contributed by atoms with Gasteiger partial charge in [0, 0.05) is 52.4 Å². The van der Waals surface area contributed by atoms with Crippen LogP contribution >= 0.6 is 24.0 Å². The van der Waals surface area contributed by atoms with Gasteiger partial charge < -0.3 is 20.3 Å². The van der Waals surface area contributed by atoms with E-state index >= 15 is 0 Å². The first-order chi connectivity index (χ1) is 11.7. The molecule has 0 aromatic carbocycles. The van der Waals surface area contributed by atoms with E-state index in [-0.39, 0.29) is 24.0 Å². The zero-order chi connectivity index (χ0) is 17.3. The van der Waals surface area contributed by atoms with Gasteiger partial charge in [0.15, 0.2) is 5.96 Å². The van der Waals surface area contributed by atoms with Crippen molar-refractivity contribution in [3.05, 3.63) is 0 Å². The molecule has 2 rings (SSSR count). The molecule has 25 heavy (non-hydrogen) atoms. The molecule has 1 amide bonds. The lowest BCUT2D eigenvalue weighted by atomic mass is 10.0. The van der Waals surface area contributed by atoms with Crippen molar-refractivity contribution < 1.29 is 9.53 Å². The fourth-order valence-corrected chi connectivity index (χ4v) is 3.10. The van der Waals surface area contributed by atoms with E-state index in [0.29, 0.717) is 11.3 Å². The summed E-state index contributed by atoms with van der Waals surface area (Å²) in [6.07, 6.45) is 6.34. The van der Waals surface area contributed by atoms with Crippen molar-refractivity contribution in [3.8, 4) is 0 Å². The topological polar surface area (TPSA) is 66.0 Å². The minimum absolute atomic E-state index is 0. The molecule has 7 heteroatoms. The van der Waals surface area contributed by atoms with Gasteiger partial charge >= 0.3 is 0 Å². The monoisotopic (exact) mass is 466 g/mol. The largest absolute Gasteiger partial charge is 0.382 e. The molecule has 2 aliphatic rings. The molecule has 0 unspecified atom stereocenters. The number of guanidine groups is 1. The Morgan fingerprint density at radius 1 is 1.32 bits per heavy atom. The third-order valence-electron chi connectivity index (χ3n) is 4.92. The molecule has 2 N–H and O–H groups in total. The normalized spacial score (nSPS) is 18.9. The van der Waals surface area contributed by atoms with E-state index < -0.39 is 0 Å². The number of amides is 1. The first-order valence-electron chi connectivity index (χ1n) is 9.57. The molecule has 1 saturated heterocycles. The van der Waals surface area contributed by atoms with Crippen molar-refractivity contribution in [2.75, 3.05) is 45.9 Å². The zero-order valence-corrected chi connectivity index (χ0v) is 18.1. The van der Waals surface area contributed by atoms with Gasteiger partial charge in [0.2, 0.25) is 5.91 Å². The summed E-state index contributed by atoms with van der Waals surface area (Å²) < 4.78 is 5.49. The highest BCUT2D eigenvalue weighted by atomic mass is 127. The number of likely N-dealkylation sites (tertiary alicyclic amines) is 1. The second-order valence-electron chi connectivity index (χ2n) is 6.91. The number of hydrogen-bond donors (Lipinski definition) is 2. The van der Waals surface area contributed by atoms with E-state index in [9.17, 15) is 4.79 Å². The van der Waals surface area contributed by atoms with E-state index in [1.165, 1.54) is 12.8 Å². The number of rotatable bonds is 11. The zero-order valence-electron chi connectivity index (χ0n) is 15.8. The van der Waals surface area contributed by atoms with Gasteiger partial charge in [-0.05, 0) is 51.4 Å². The summed E-state index contributed by atoms with van der Waals surface area (Å²) in [4.78, 5) is 18.3. The molecule has 2 fully saturated rings. The highest BCUT2D eigenvalue weighted by Crippen LogP contribution is 2.48. The van der Waals surface area contributed by atoms with Crippen LogP contribution in [0.2, 0.25) is 0 Å². The van der Waals surface area contributed by atoms with Crippen LogP contribution in [-0.2, 0) is 9.53 Å². The van der Waals surface area contributed by atoms with Crippen LogP contribution in [0, 0.1) is 5.41 Å². The van der Waals surface area contributed by atoms with Gasteiger partial charge in [-0.1, -0.05) is 0 Å². The molecule has 146 valence electrons. The summed E-state index contributed by atoms with van der Waals surface area (Å²) in [5.41, 5.74) is 0.374. The van der Waals surface area contributed by atoms with Crippen LogP contribution in [0.15, 0.2) is 4.99 Å². The summed E-state index contributed by atoms with van der Waals surface area (Å²) in [5, 5.41) is 6.71. The van der Waals surface area contributed by atoms with Gasteiger partial charge in [0.1, 0.15) is 0 Å². The van der Waals surface area contributed by atoms with Crippen molar-refractivity contribution in [2.45, 2.75) is 52.4 Å². The predicted molar refractivity (Wildman–Crippen MR) is 113 cm³/mol. The standard InChI is InChI=1S/C18H34N4O2.HI/c1-3-19-17(20-11-6-13-22-12-5-7-16(22)23)21-15-18(8-9-18)10-14-24-4-2;/h3-15H2,1-2H3,(H2,19,20,21);1H. The molecule has 1 aliphatic carbocycles. The smallest absolute Gasteiger partial charge is 0.222 e. The van der Waals surface area contributed by atoms with Crippen LogP contribution in [0.4, 0.5) is 0 Å². The number of nitrogens with one attached hydrogen (secondary N) is 2. The first kappa shape index (κ1) is 22.5. The maximum atomic E-state index is 11.6. The molecule has 0 atom stereocenters. The molecule has 1 aliphatic heterocycles. The van der Waals surface area contributed by atoms with Crippen molar-refractivity contribution in [2.24, 2.45) is 10.4 Å². The Kier molecular flexibility index (Phi) is 10.7. The molecule has 0 spiro atoms. The molecular weight excluding hydrogens is 431 g/mol. The van der Waals surface area contributed by atoms with Crippen molar-refractivity contribution in [1.82, 2.24) is 15.5 Å². The van der Waals surface area contributed by atoms with Crippen LogP contribution in [0.1, 0.15) is 52.4 Å². The van der Waals surface area contributed by atoms with E-state index in [1.54, 1.807) is 0 Å². The van der Waals surface area contributed by atoms with Crippen LogP contribution in [0.3, 0.4) is 0 Å². The Labute approximate surface area is 169 Å². The van der Waals surface area contributed by atoms with Gasteiger partial charge in [-0.15, -0.1) is 24.0 Å². The van der Waals surface area contributed by atoms with Crippen LogP contribution in [0.5, 0.6) is 0 Å². The van der Waals surface area contributed by atoms with Crippen molar-refractivity contribution in [3.63, 3.8) is 0 Å². The van der Waals surface area contributed by atoms with Crippen molar-refractivity contribution >= 4 is 35.8 Å². The number of hydrogen-bond acceptors (Lipinski definition) is 3. The van der Waals surface area contributed by atoms with Gasteiger partial charge in [-0.3, -0.25) is 9.79 Å². The fraction of sp³-hybridized carbons (Fsp3) is 0.889. The molecule has 1 saturated carbocycles. The molecule has 0 aromatic heterocycles. The summed E-state index contributed by atoms with van der Waals surface area (Å²) in [6, 6.07) is 0. The minimum Gasteiger partial charge on any atom is -0.382 e. The van der Waals surface area contributed by atoms with Crippen molar-refractivity contribution in [1.29, 1.82) is 0 Å². The highest BCUT2D eigenvalue weighted by molar-refractivity contribution is 14.0.